The van der Waals surface area contributed by atoms with Crippen LogP contribution in [0.5, 0.6) is 0 Å². The highest BCUT2D eigenvalue weighted by Crippen LogP contribution is 2.35. The molecular weight excluding hydrogens is 257 g/mol. The lowest BCUT2D eigenvalue weighted by Gasteiger charge is -2.37. The summed E-state index contributed by atoms with van der Waals surface area (Å²) in [5.41, 5.74) is -0.926. The van der Waals surface area contributed by atoms with Crippen molar-refractivity contribution in [3.8, 4) is 0 Å². The zero-order valence-corrected chi connectivity index (χ0v) is 10.8. The summed E-state index contributed by atoms with van der Waals surface area (Å²) in [7, 11) is 1.56. The number of ether oxygens (including phenoxy) is 1. The SMILES string of the molecule is COC1(Cc2cnccc2C(F)(F)F)CCNCC1. The molecule has 0 bridgehead atoms. The maximum atomic E-state index is 13.0. The van der Waals surface area contributed by atoms with Crippen LogP contribution in [0.2, 0.25) is 0 Å². The van der Waals surface area contributed by atoms with E-state index in [0.717, 1.165) is 19.2 Å². The first-order chi connectivity index (χ1) is 8.97. The third-order valence-corrected chi connectivity index (χ3v) is 3.67. The van der Waals surface area contributed by atoms with Crippen molar-refractivity contribution in [1.82, 2.24) is 10.3 Å². The molecular formula is C13H17F3N2O. The van der Waals surface area contributed by atoms with E-state index in [4.69, 9.17) is 4.74 Å². The van der Waals surface area contributed by atoms with E-state index in [2.05, 4.69) is 10.3 Å². The molecule has 19 heavy (non-hydrogen) atoms. The Morgan fingerprint density at radius 2 is 2.05 bits per heavy atom. The van der Waals surface area contributed by atoms with Crippen LogP contribution in [-0.4, -0.2) is 30.8 Å². The van der Waals surface area contributed by atoms with Gasteiger partial charge in [-0.3, -0.25) is 4.98 Å². The van der Waals surface area contributed by atoms with E-state index in [9.17, 15) is 13.2 Å². The Kier molecular flexibility index (Phi) is 4.10. The first kappa shape index (κ1) is 14.3. The van der Waals surface area contributed by atoms with Gasteiger partial charge < -0.3 is 10.1 Å². The van der Waals surface area contributed by atoms with Crippen LogP contribution < -0.4 is 5.32 Å². The average molecular weight is 274 g/mol. The smallest absolute Gasteiger partial charge is 0.378 e. The molecule has 1 fully saturated rings. The van der Waals surface area contributed by atoms with E-state index in [1.807, 2.05) is 0 Å². The highest BCUT2D eigenvalue weighted by molar-refractivity contribution is 5.28. The van der Waals surface area contributed by atoms with Gasteiger partial charge in [-0.05, 0) is 37.6 Å². The molecule has 2 heterocycles. The Hall–Kier alpha value is -1.14. The van der Waals surface area contributed by atoms with Gasteiger partial charge in [0.2, 0.25) is 0 Å². The molecule has 0 aromatic carbocycles. The molecule has 0 aliphatic carbocycles. The fourth-order valence-electron chi connectivity index (χ4n) is 2.53. The van der Waals surface area contributed by atoms with Crippen LogP contribution in [-0.2, 0) is 17.3 Å². The molecule has 1 aliphatic heterocycles. The van der Waals surface area contributed by atoms with Crippen LogP contribution in [0.15, 0.2) is 18.5 Å². The van der Waals surface area contributed by atoms with Crippen molar-refractivity contribution in [1.29, 1.82) is 0 Å². The number of pyridine rings is 1. The Labute approximate surface area is 110 Å². The summed E-state index contributed by atoms with van der Waals surface area (Å²) in [6.07, 6.45) is -0.223. The predicted octanol–water partition coefficient (Wildman–Crippen LogP) is 2.41. The van der Waals surface area contributed by atoms with Crippen molar-refractivity contribution in [2.24, 2.45) is 0 Å². The van der Waals surface area contributed by atoms with Crippen LogP contribution >= 0.6 is 0 Å². The Bertz CT molecular complexity index is 428. The zero-order valence-electron chi connectivity index (χ0n) is 10.8. The zero-order chi connectivity index (χ0) is 13.9. The Morgan fingerprint density at radius 1 is 1.37 bits per heavy atom. The highest BCUT2D eigenvalue weighted by Gasteiger charge is 2.38. The quantitative estimate of drug-likeness (QED) is 0.919. The minimum Gasteiger partial charge on any atom is -0.378 e. The molecule has 106 valence electrons. The van der Waals surface area contributed by atoms with Gasteiger partial charge in [0.15, 0.2) is 0 Å². The molecule has 0 unspecified atom stereocenters. The van der Waals surface area contributed by atoms with Gasteiger partial charge in [0.1, 0.15) is 0 Å². The number of nitrogens with one attached hydrogen (secondary N) is 1. The topological polar surface area (TPSA) is 34.1 Å². The summed E-state index contributed by atoms with van der Waals surface area (Å²) in [6, 6.07) is 1.03. The largest absolute Gasteiger partial charge is 0.416 e. The van der Waals surface area contributed by atoms with Crippen LogP contribution in [0.25, 0.3) is 0 Å². The van der Waals surface area contributed by atoms with Gasteiger partial charge in [-0.25, -0.2) is 0 Å². The third-order valence-electron chi connectivity index (χ3n) is 3.67. The van der Waals surface area contributed by atoms with E-state index in [1.165, 1.54) is 12.4 Å². The first-order valence-corrected chi connectivity index (χ1v) is 6.23. The number of nitrogens with zero attached hydrogens (tertiary/aromatic N) is 1. The maximum absolute atomic E-state index is 13.0. The molecule has 3 nitrogen and oxygen atoms in total. The average Bonchev–Trinajstić information content (AvgIpc) is 2.39. The molecule has 0 spiro atoms. The van der Waals surface area contributed by atoms with Gasteiger partial charge in [-0.15, -0.1) is 0 Å². The maximum Gasteiger partial charge on any atom is 0.416 e. The molecule has 0 amide bonds. The lowest BCUT2D eigenvalue weighted by molar-refractivity contribution is -0.138. The van der Waals surface area contributed by atoms with E-state index >= 15 is 0 Å². The summed E-state index contributed by atoms with van der Waals surface area (Å²) >= 11 is 0. The fourth-order valence-corrected chi connectivity index (χ4v) is 2.53. The minimum absolute atomic E-state index is 0.207. The fraction of sp³-hybridized carbons (Fsp3) is 0.615. The van der Waals surface area contributed by atoms with Gasteiger partial charge in [0.25, 0.3) is 0 Å². The van der Waals surface area contributed by atoms with Gasteiger partial charge in [-0.2, -0.15) is 13.2 Å². The second kappa shape index (κ2) is 5.46. The van der Waals surface area contributed by atoms with Crippen molar-refractivity contribution in [2.75, 3.05) is 20.2 Å². The summed E-state index contributed by atoms with van der Waals surface area (Å²) < 4.78 is 44.4. The number of halogens is 3. The Balaban J connectivity index is 2.27. The van der Waals surface area contributed by atoms with E-state index < -0.39 is 17.3 Å². The van der Waals surface area contributed by atoms with E-state index in [0.29, 0.717) is 12.8 Å². The molecule has 2 rings (SSSR count). The number of rotatable bonds is 3. The molecule has 1 N–H and O–H groups in total. The van der Waals surface area contributed by atoms with Gasteiger partial charge in [-0.1, -0.05) is 0 Å². The number of hydrogen-bond acceptors (Lipinski definition) is 3. The molecule has 0 saturated carbocycles. The van der Waals surface area contributed by atoms with Crippen molar-refractivity contribution in [3.63, 3.8) is 0 Å². The van der Waals surface area contributed by atoms with Crippen LogP contribution in [0.3, 0.4) is 0 Å². The summed E-state index contributed by atoms with van der Waals surface area (Å²) in [5, 5.41) is 3.19. The lowest BCUT2D eigenvalue weighted by Crippen LogP contribution is -2.45. The molecule has 1 aromatic heterocycles. The van der Waals surface area contributed by atoms with E-state index in [-0.39, 0.29) is 12.0 Å². The molecule has 6 heteroatoms. The third kappa shape index (κ3) is 3.25. The monoisotopic (exact) mass is 274 g/mol. The molecule has 1 aromatic rings. The van der Waals surface area contributed by atoms with Crippen LogP contribution in [0.4, 0.5) is 13.2 Å². The van der Waals surface area contributed by atoms with Gasteiger partial charge >= 0.3 is 6.18 Å². The van der Waals surface area contributed by atoms with E-state index in [1.54, 1.807) is 7.11 Å². The van der Waals surface area contributed by atoms with Crippen molar-refractivity contribution in [2.45, 2.75) is 31.0 Å². The second-order valence-corrected chi connectivity index (χ2v) is 4.84. The molecule has 0 atom stereocenters. The number of alkyl halides is 3. The highest BCUT2D eigenvalue weighted by atomic mass is 19.4. The molecule has 1 saturated heterocycles. The van der Waals surface area contributed by atoms with Gasteiger partial charge in [0.05, 0.1) is 11.2 Å². The normalized spacial score (nSPS) is 19.4. The van der Waals surface area contributed by atoms with Crippen molar-refractivity contribution < 1.29 is 17.9 Å². The van der Waals surface area contributed by atoms with Crippen LogP contribution in [0, 0.1) is 0 Å². The standard InChI is InChI=1S/C13H17F3N2O/c1-19-12(3-6-17-7-4-12)8-10-9-18-5-2-11(10)13(14,15)16/h2,5,9,17H,3-4,6-8H2,1H3. The predicted molar refractivity (Wildman–Crippen MR) is 64.8 cm³/mol. The van der Waals surface area contributed by atoms with Crippen molar-refractivity contribution >= 4 is 0 Å². The number of hydrogen-bond donors (Lipinski definition) is 1. The van der Waals surface area contributed by atoms with Gasteiger partial charge in [0, 0.05) is 25.9 Å². The second-order valence-electron chi connectivity index (χ2n) is 4.84. The summed E-state index contributed by atoms with van der Waals surface area (Å²) in [6.45, 7) is 1.52. The van der Waals surface area contributed by atoms with Crippen LogP contribution in [0.1, 0.15) is 24.0 Å². The van der Waals surface area contributed by atoms with Crippen molar-refractivity contribution in [3.05, 3.63) is 29.6 Å². The lowest BCUT2D eigenvalue weighted by atomic mass is 9.85. The number of piperidine rings is 1. The molecule has 1 aliphatic rings. The minimum atomic E-state index is -4.35. The Morgan fingerprint density at radius 3 is 2.63 bits per heavy atom. The summed E-state index contributed by atoms with van der Waals surface area (Å²) in [5.74, 6) is 0. The number of aromatic nitrogens is 1. The molecule has 0 radical (unpaired) electrons. The first-order valence-electron chi connectivity index (χ1n) is 6.23. The number of methoxy groups -OCH3 is 1. The summed E-state index contributed by atoms with van der Waals surface area (Å²) in [4.78, 5) is 3.82.